The molecule has 1 fully saturated rings. The molecule has 0 aliphatic heterocycles. The van der Waals surface area contributed by atoms with Crippen molar-refractivity contribution in [2.24, 2.45) is 0 Å². The van der Waals surface area contributed by atoms with Crippen LogP contribution >= 0.6 is 0 Å². The van der Waals surface area contributed by atoms with Crippen LogP contribution in [-0.4, -0.2) is 28.1 Å². The van der Waals surface area contributed by atoms with Crippen LogP contribution in [0.1, 0.15) is 82.2 Å². The first-order chi connectivity index (χ1) is 11.8. The molecule has 2 heterocycles. The van der Waals surface area contributed by atoms with Gasteiger partial charge in [0.2, 0.25) is 5.78 Å². The smallest absolute Gasteiger partial charge is 0.344 e. The van der Waals surface area contributed by atoms with Gasteiger partial charge in [0.1, 0.15) is 5.56 Å². The number of carbonyl (C=O) groups is 2. The third kappa shape index (κ3) is 3.25. The number of hydrogen-bond acceptors (Lipinski definition) is 5. The molecule has 134 valence electrons. The number of aryl methyl sites for hydroxylation is 2. The normalized spacial score (nSPS) is 14.2. The summed E-state index contributed by atoms with van der Waals surface area (Å²) >= 11 is 0. The maximum absolute atomic E-state index is 12.5. The lowest BCUT2D eigenvalue weighted by Gasteiger charge is -2.08. The Morgan fingerprint density at radius 2 is 2.00 bits per heavy atom. The molecule has 0 spiro atoms. The fourth-order valence-corrected chi connectivity index (χ4v) is 3.26. The molecule has 1 aliphatic carbocycles. The third-order valence-corrected chi connectivity index (χ3v) is 4.65. The monoisotopic (exact) mass is 344 g/mol. The van der Waals surface area contributed by atoms with Gasteiger partial charge in [-0.3, -0.25) is 4.79 Å². The maximum Gasteiger partial charge on any atom is 0.344 e. The van der Waals surface area contributed by atoms with Crippen LogP contribution in [0.15, 0.2) is 10.6 Å². The number of aromatic nitrogens is 2. The third-order valence-electron chi connectivity index (χ3n) is 4.65. The van der Waals surface area contributed by atoms with Crippen LogP contribution in [0.3, 0.4) is 0 Å². The molecule has 0 amide bonds. The van der Waals surface area contributed by atoms with E-state index in [0.717, 1.165) is 24.2 Å². The maximum atomic E-state index is 12.5. The van der Waals surface area contributed by atoms with Crippen molar-refractivity contribution in [3.8, 4) is 0 Å². The van der Waals surface area contributed by atoms with Crippen LogP contribution in [0.2, 0.25) is 0 Å². The van der Waals surface area contributed by atoms with E-state index in [1.807, 2.05) is 33.8 Å². The SMILES string of the molecule is Cc1noc(C(C)C)c1C(=O)OCC(=O)c1cc(C)n(C2CC2)c1C. The number of Topliss-reactive ketones (excluding diaryl/α,β-unsaturated/α-hetero) is 1. The van der Waals surface area contributed by atoms with E-state index in [0.29, 0.717) is 28.6 Å². The van der Waals surface area contributed by atoms with Crippen LogP contribution in [0.4, 0.5) is 0 Å². The van der Waals surface area contributed by atoms with Crippen molar-refractivity contribution in [2.75, 3.05) is 6.61 Å². The van der Waals surface area contributed by atoms with Crippen molar-refractivity contribution in [1.29, 1.82) is 0 Å². The number of ether oxygens (including phenoxy) is 1. The van der Waals surface area contributed by atoms with E-state index in [4.69, 9.17) is 9.26 Å². The summed E-state index contributed by atoms with van der Waals surface area (Å²) in [4.78, 5) is 24.9. The van der Waals surface area contributed by atoms with Gasteiger partial charge in [-0.25, -0.2) is 4.79 Å². The van der Waals surface area contributed by atoms with Crippen molar-refractivity contribution in [2.45, 2.75) is 59.4 Å². The first-order valence-corrected chi connectivity index (χ1v) is 8.66. The molecule has 0 aromatic carbocycles. The van der Waals surface area contributed by atoms with E-state index in [9.17, 15) is 9.59 Å². The molecule has 0 bridgehead atoms. The average Bonchev–Trinajstić information content (AvgIpc) is 3.23. The topological polar surface area (TPSA) is 74.3 Å². The highest BCUT2D eigenvalue weighted by Crippen LogP contribution is 2.38. The lowest BCUT2D eigenvalue weighted by molar-refractivity contribution is 0.0471. The van der Waals surface area contributed by atoms with Gasteiger partial charge in [-0.2, -0.15) is 0 Å². The summed E-state index contributed by atoms with van der Waals surface area (Å²) in [5.74, 6) is -0.251. The number of nitrogens with zero attached hydrogens (tertiary/aromatic N) is 2. The molecule has 1 aliphatic rings. The quantitative estimate of drug-likeness (QED) is 0.587. The highest BCUT2D eigenvalue weighted by Gasteiger charge is 2.29. The predicted octanol–water partition coefficient (Wildman–Crippen LogP) is 3.90. The van der Waals surface area contributed by atoms with Gasteiger partial charge >= 0.3 is 5.97 Å². The van der Waals surface area contributed by atoms with Crippen LogP contribution in [-0.2, 0) is 4.74 Å². The molecule has 0 atom stereocenters. The molecule has 2 aromatic rings. The number of hydrogen-bond donors (Lipinski definition) is 0. The Hall–Kier alpha value is -2.37. The second-order valence-corrected chi connectivity index (χ2v) is 7.05. The Morgan fingerprint density at radius 3 is 2.60 bits per heavy atom. The molecule has 2 aromatic heterocycles. The van der Waals surface area contributed by atoms with Gasteiger partial charge in [0, 0.05) is 28.9 Å². The van der Waals surface area contributed by atoms with Crippen molar-refractivity contribution >= 4 is 11.8 Å². The summed E-state index contributed by atoms with van der Waals surface area (Å²) in [6.45, 7) is 9.18. The van der Waals surface area contributed by atoms with E-state index < -0.39 is 5.97 Å². The highest BCUT2D eigenvalue weighted by atomic mass is 16.5. The Morgan fingerprint density at radius 1 is 1.32 bits per heavy atom. The molecule has 0 unspecified atom stereocenters. The predicted molar refractivity (Wildman–Crippen MR) is 92.1 cm³/mol. The van der Waals surface area contributed by atoms with Crippen molar-refractivity contribution in [1.82, 2.24) is 9.72 Å². The van der Waals surface area contributed by atoms with Gasteiger partial charge < -0.3 is 13.8 Å². The van der Waals surface area contributed by atoms with Gasteiger partial charge in [-0.1, -0.05) is 19.0 Å². The molecule has 6 nitrogen and oxygen atoms in total. The van der Waals surface area contributed by atoms with Crippen molar-refractivity contribution in [3.63, 3.8) is 0 Å². The lowest BCUT2D eigenvalue weighted by atomic mass is 10.1. The Kier molecular flexibility index (Phi) is 4.54. The summed E-state index contributed by atoms with van der Waals surface area (Å²) < 4.78 is 12.7. The average molecular weight is 344 g/mol. The summed E-state index contributed by atoms with van der Waals surface area (Å²) in [6.07, 6.45) is 2.31. The highest BCUT2D eigenvalue weighted by molar-refractivity contribution is 6.00. The molecule has 1 saturated carbocycles. The van der Waals surface area contributed by atoms with Crippen LogP contribution in [0.5, 0.6) is 0 Å². The second kappa shape index (κ2) is 6.50. The minimum Gasteiger partial charge on any atom is -0.454 e. The van der Waals surface area contributed by atoms with Gasteiger partial charge in [0.25, 0.3) is 0 Å². The van der Waals surface area contributed by atoms with Crippen LogP contribution in [0, 0.1) is 20.8 Å². The molecule has 0 saturated heterocycles. The van der Waals surface area contributed by atoms with E-state index in [1.54, 1.807) is 6.92 Å². The van der Waals surface area contributed by atoms with Gasteiger partial charge in [0.15, 0.2) is 12.4 Å². The number of ketones is 1. The Labute approximate surface area is 147 Å². The first kappa shape index (κ1) is 17.5. The Balaban J connectivity index is 1.72. The minimum atomic E-state index is -0.563. The first-order valence-electron chi connectivity index (χ1n) is 8.66. The fourth-order valence-electron chi connectivity index (χ4n) is 3.26. The lowest BCUT2D eigenvalue weighted by Crippen LogP contribution is -2.16. The zero-order valence-corrected chi connectivity index (χ0v) is 15.4. The van der Waals surface area contributed by atoms with Crippen molar-refractivity contribution in [3.05, 3.63) is 40.0 Å². The molecular weight excluding hydrogens is 320 g/mol. The van der Waals surface area contributed by atoms with Gasteiger partial charge in [-0.05, 0) is 39.7 Å². The van der Waals surface area contributed by atoms with Crippen LogP contribution in [0.25, 0.3) is 0 Å². The second-order valence-electron chi connectivity index (χ2n) is 7.05. The number of rotatable bonds is 6. The zero-order chi connectivity index (χ0) is 18.3. The molecule has 3 rings (SSSR count). The van der Waals surface area contributed by atoms with Crippen LogP contribution < -0.4 is 0 Å². The molecule has 25 heavy (non-hydrogen) atoms. The summed E-state index contributed by atoms with van der Waals surface area (Å²) in [5, 5.41) is 3.84. The fraction of sp³-hybridized carbons (Fsp3) is 0.526. The standard InChI is InChI=1S/C19H24N2O4/c1-10(2)18-17(12(4)20-25-18)19(23)24-9-16(22)15-8-11(3)21(13(15)5)14-6-7-14/h8,10,14H,6-7,9H2,1-5H3. The van der Waals surface area contributed by atoms with E-state index >= 15 is 0 Å². The summed E-state index contributed by atoms with van der Waals surface area (Å²) in [6, 6.07) is 2.39. The van der Waals surface area contributed by atoms with E-state index in [-0.39, 0.29) is 18.3 Å². The molecule has 0 N–H and O–H groups in total. The van der Waals surface area contributed by atoms with E-state index in [2.05, 4.69) is 9.72 Å². The minimum absolute atomic E-state index is 0.0110. The summed E-state index contributed by atoms with van der Waals surface area (Å²) in [7, 11) is 0. The molecular formula is C19H24N2O4. The Bertz CT molecular complexity index is 825. The molecule has 6 heteroatoms. The number of carbonyl (C=O) groups excluding carboxylic acids is 2. The number of esters is 1. The largest absolute Gasteiger partial charge is 0.454 e. The zero-order valence-electron chi connectivity index (χ0n) is 15.4. The molecule has 0 radical (unpaired) electrons. The van der Waals surface area contributed by atoms with Gasteiger partial charge in [-0.15, -0.1) is 0 Å². The van der Waals surface area contributed by atoms with Crippen molar-refractivity contribution < 1.29 is 18.8 Å². The summed E-state index contributed by atoms with van der Waals surface area (Å²) in [5.41, 5.74) is 3.46. The van der Waals surface area contributed by atoms with E-state index in [1.165, 1.54) is 0 Å². The van der Waals surface area contributed by atoms with Gasteiger partial charge in [0.05, 0.1) is 5.69 Å².